The third-order valence-electron chi connectivity index (χ3n) is 5.55. The molecule has 130 valence electrons. The highest BCUT2D eigenvalue weighted by Gasteiger charge is 2.15. The lowest BCUT2D eigenvalue weighted by atomic mass is 9.98. The maximum atomic E-state index is 5.03. The second-order valence-electron chi connectivity index (χ2n) is 7.15. The maximum absolute atomic E-state index is 5.03. The Morgan fingerprint density at radius 1 is 0.571 bits per heavy atom. The highest BCUT2D eigenvalue weighted by molar-refractivity contribution is 6.11. The number of rotatable bonds is 1. The fourth-order valence-corrected chi connectivity index (χ4v) is 4.22. The van der Waals surface area contributed by atoms with Crippen molar-refractivity contribution in [3.8, 4) is 11.3 Å². The van der Waals surface area contributed by atoms with E-state index in [0.29, 0.717) is 0 Å². The van der Waals surface area contributed by atoms with Crippen LogP contribution in [0.3, 0.4) is 0 Å². The van der Waals surface area contributed by atoms with E-state index in [0.717, 1.165) is 22.3 Å². The Labute approximate surface area is 162 Å². The molecule has 0 aliphatic rings. The monoisotopic (exact) mass is 357 g/mol. The van der Waals surface area contributed by atoms with Crippen LogP contribution >= 0.6 is 0 Å². The summed E-state index contributed by atoms with van der Waals surface area (Å²) in [6.45, 7) is 0. The van der Waals surface area contributed by atoms with Crippen LogP contribution < -0.4 is 4.98 Å². The number of hydrogen-bond acceptors (Lipinski definition) is 1. The first-order valence-electron chi connectivity index (χ1n) is 9.49. The molecule has 0 bridgehead atoms. The smallest absolute Gasteiger partial charge is 0.220 e. The lowest BCUT2D eigenvalue weighted by molar-refractivity contribution is -0.344. The molecule has 0 unspecified atom stereocenters. The zero-order valence-electron chi connectivity index (χ0n) is 15.2. The first-order chi connectivity index (χ1) is 13.9. The van der Waals surface area contributed by atoms with Crippen LogP contribution in [0.15, 0.2) is 97.2 Å². The Bertz CT molecular complexity index is 1520. The van der Waals surface area contributed by atoms with Crippen molar-refractivity contribution < 1.29 is 4.98 Å². The number of benzene rings is 4. The molecule has 6 aromatic rings. The number of nitrogens with zero attached hydrogens (tertiary/aromatic N) is 1. The highest BCUT2D eigenvalue weighted by Crippen LogP contribution is 2.33. The van der Waals surface area contributed by atoms with Crippen LogP contribution in [0.4, 0.5) is 0 Å². The Kier molecular flexibility index (Phi) is 3.20. The lowest BCUT2D eigenvalue weighted by Gasteiger charge is -2.08. The van der Waals surface area contributed by atoms with Gasteiger partial charge in [-0.15, -0.1) is 0 Å². The van der Waals surface area contributed by atoms with Gasteiger partial charge in [-0.3, -0.25) is 0 Å². The van der Waals surface area contributed by atoms with Crippen LogP contribution in [-0.2, 0) is 0 Å². The fourth-order valence-electron chi connectivity index (χ4n) is 4.22. The molecule has 0 atom stereocenters. The standard InChI is InChI=1S/C26H16N2/c1-3-8-19-17(6-1)11-13-24-21(19)12-14-25(28-24)23-16-18-7-2-4-9-20(18)22-10-5-15-27-26(22)23/h1-16H/p+1. The van der Waals surface area contributed by atoms with Crippen molar-refractivity contribution in [3.63, 3.8) is 0 Å². The summed E-state index contributed by atoms with van der Waals surface area (Å²) in [5.41, 5.74) is 4.26. The van der Waals surface area contributed by atoms with E-state index in [1.165, 1.54) is 32.3 Å². The summed E-state index contributed by atoms with van der Waals surface area (Å²) in [5.74, 6) is 0. The Balaban J connectivity index is 1.68. The van der Waals surface area contributed by atoms with Crippen LogP contribution in [0.25, 0.3) is 54.6 Å². The maximum Gasteiger partial charge on any atom is 0.220 e. The molecule has 2 heteroatoms. The average molecular weight is 357 g/mol. The summed E-state index contributed by atoms with van der Waals surface area (Å²) >= 11 is 0. The lowest BCUT2D eigenvalue weighted by Crippen LogP contribution is -2.04. The summed E-state index contributed by atoms with van der Waals surface area (Å²) < 4.78 is 0. The molecule has 6 rings (SSSR count). The SMILES string of the molecule is c1ccc2c(c1)ccc1nc(-c3cc4ccccc4c4ccc[nH+]c34)ccc12. The van der Waals surface area contributed by atoms with Crippen LogP contribution in [0.5, 0.6) is 0 Å². The largest absolute Gasteiger partial charge is 0.248 e. The van der Waals surface area contributed by atoms with Crippen molar-refractivity contribution in [2.24, 2.45) is 0 Å². The number of H-pyrrole nitrogens is 1. The van der Waals surface area contributed by atoms with Crippen LogP contribution in [0, 0.1) is 0 Å². The Morgan fingerprint density at radius 2 is 1.32 bits per heavy atom. The van der Waals surface area contributed by atoms with Crippen molar-refractivity contribution in [2.45, 2.75) is 0 Å². The van der Waals surface area contributed by atoms with E-state index < -0.39 is 0 Å². The van der Waals surface area contributed by atoms with Gasteiger partial charge in [-0.25, -0.2) is 9.97 Å². The first-order valence-corrected chi connectivity index (χ1v) is 9.49. The number of nitrogens with one attached hydrogen (secondary N) is 1. The predicted molar refractivity (Wildman–Crippen MR) is 116 cm³/mol. The van der Waals surface area contributed by atoms with Crippen molar-refractivity contribution >= 4 is 43.4 Å². The number of hydrogen-bond donors (Lipinski definition) is 0. The van der Waals surface area contributed by atoms with E-state index in [4.69, 9.17) is 4.98 Å². The minimum Gasteiger partial charge on any atom is -0.248 e. The molecule has 0 aliphatic heterocycles. The van der Waals surface area contributed by atoms with Gasteiger partial charge in [-0.1, -0.05) is 60.7 Å². The topological polar surface area (TPSA) is 27.0 Å². The van der Waals surface area contributed by atoms with Crippen LogP contribution in [0.1, 0.15) is 0 Å². The van der Waals surface area contributed by atoms with Crippen molar-refractivity contribution in [1.29, 1.82) is 0 Å². The van der Waals surface area contributed by atoms with Gasteiger partial charge in [-0.05, 0) is 45.8 Å². The number of pyridine rings is 2. The minimum absolute atomic E-state index is 0.987. The molecule has 0 amide bonds. The quantitative estimate of drug-likeness (QED) is 0.323. The molecule has 2 aromatic heterocycles. The third-order valence-corrected chi connectivity index (χ3v) is 5.55. The van der Waals surface area contributed by atoms with E-state index in [9.17, 15) is 0 Å². The van der Waals surface area contributed by atoms with Gasteiger partial charge in [0.1, 0.15) is 0 Å². The molecule has 0 fully saturated rings. The second-order valence-corrected chi connectivity index (χ2v) is 7.15. The number of aromatic nitrogens is 2. The summed E-state index contributed by atoms with van der Waals surface area (Å²) in [6, 6.07) is 32.1. The Hall–Kier alpha value is -3.78. The molecule has 0 aliphatic carbocycles. The molecule has 4 aromatic carbocycles. The molecule has 2 heterocycles. The van der Waals surface area contributed by atoms with Crippen LogP contribution in [0.2, 0.25) is 0 Å². The van der Waals surface area contributed by atoms with Gasteiger partial charge in [0, 0.05) is 11.5 Å². The first kappa shape index (κ1) is 15.3. The average Bonchev–Trinajstić information content (AvgIpc) is 2.78. The molecule has 28 heavy (non-hydrogen) atoms. The molecule has 2 nitrogen and oxygen atoms in total. The van der Waals surface area contributed by atoms with Gasteiger partial charge in [0.25, 0.3) is 0 Å². The van der Waals surface area contributed by atoms with Crippen LogP contribution in [-0.4, -0.2) is 4.98 Å². The van der Waals surface area contributed by atoms with Gasteiger partial charge >= 0.3 is 0 Å². The molecular formula is C26H17N2+. The van der Waals surface area contributed by atoms with Gasteiger partial charge < -0.3 is 0 Å². The van der Waals surface area contributed by atoms with Crippen molar-refractivity contribution in [3.05, 3.63) is 97.2 Å². The minimum atomic E-state index is 0.987. The summed E-state index contributed by atoms with van der Waals surface area (Å²) in [7, 11) is 0. The van der Waals surface area contributed by atoms with Gasteiger partial charge in [-0.2, -0.15) is 0 Å². The molecular weight excluding hydrogens is 340 g/mol. The second kappa shape index (κ2) is 5.86. The van der Waals surface area contributed by atoms with Crippen molar-refractivity contribution in [1.82, 2.24) is 4.98 Å². The Morgan fingerprint density at radius 3 is 2.21 bits per heavy atom. The molecule has 0 saturated carbocycles. The zero-order valence-corrected chi connectivity index (χ0v) is 15.2. The summed E-state index contributed by atoms with van der Waals surface area (Å²) in [4.78, 5) is 8.48. The third kappa shape index (κ3) is 2.21. The van der Waals surface area contributed by atoms with E-state index in [-0.39, 0.29) is 0 Å². The molecule has 0 radical (unpaired) electrons. The predicted octanol–water partition coefficient (Wildman–Crippen LogP) is 6.18. The summed E-state index contributed by atoms with van der Waals surface area (Å²) in [6.07, 6.45) is 1.98. The van der Waals surface area contributed by atoms with Gasteiger partial charge in [0.15, 0.2) is 6.20 Å². The van der Waals surface area contributed by atoms with E-state index >= 15 is 0 Å². The van der Waals surface area contributed by atoms with Crippen molar-refractivity contribution in [2.75, 3.05) is 0 Å². The zero-order chi connectivity index (χ0) is 18.5. The van der Waals surface area contributed by atoms with E-state index in [2.05, 4.69) is 96.0 Å². The summed E-state index contributed by atoms with van der Waals surface area (Å²) in [5, 5.41) is 7.38. The van der Waals surface area contributed by atoms with E-state index in [1.54, 1.807) is 0 Å². The highest BCUT2D eigenvalue weighted by atomic mass is 14.7. The fraction of sp³-hybridized carbons (Fsp3) is 0. The van der Waals surface area contributed by atoms with Gasteiger partial charge in [0.05, 0.1) is 22.2 Å². The van der Waals surface area contributed by atoms with E-state index in [1.807, 2.05) is 6.20 Å². The number of fused-ring (bicyclic) bond motifs is 6. The molecule has 0 spiro atoms. The van der Waals surface area contributed by atoms with Gasteiger partial charge in [0.2, 0.25) is 5.52 Å². The molecule has 0 saturated heterocycles. The normalized spacial score (nSPS) is 11.6. The molecule has 1 N–H and O–H groups in total. The number of aromatic amines is 1.